The number of amides is 5. The third kappa shape index (κ3) is 5.00. The maximum absolute atomic E-state index is 13.4. The van der Waals surface area contributed by atoms with Crippen molar-refractivity contribution in [3.05, 3.63) is 45.6 Å². The highest BCUT2D eigenvalue weighted by Gasteiger charge is 2.42. The van der Waals surface area contributed by atoms with E-state index in [0.29, 0.717) is 43.2 Å². The minimum Gasteiger partial charge on any atom is -0.490 e. The summed E-state index contributed by atoms with van der Waals surface area (Å²) in [6.45, 7) is 0.824. The van der Waals surface area contributed by atoms with Crippen LogP contribution in [-0.2, 0) is 28.1 Å². The first kappa shape index (κ1) is 25.1. The minimum absolute atomic E-state index is 0.0100. The van der Waals surface area contributed by atoms with Crippen molar-refractivity contribution in [1.82, 2.24) is 20.4 Å². The molecule has 3 aliphatic rings. The molecule has 1 fully saturated rings. The predicted molar refractivity (Wildman–Crippen MR) is 139 cm³/mol. The monoisotopic (exact) mass is 525 g/mol. The van der Waals surface area contributed by atoms with Crippen molar-refractivity contribution in [3.8, 4) is 5.75 Å². The molecule has 10 nitrogen and oxygen atoms in total. The van der Waals surface area contributed by atoms with Crippen LogP contribution >= 0.6 is 11.3 Å². The molecular formula is C26H31N5O5S. The van der Waals surface area contributed by atoms with Gasteiger partial charge in [-0.05, 0) is 66.3 Å². The molecule has 0 saturated heterocycles. The Kier molecular flexibility index (Phi) is 6.80. The zero-order chi connectivity index (χ0) is 26.2. The van der Waals surface area contributed by atoms with Crippen LogP contribution in [0.4, 0.5) is 15.3 Å². The third-order valence-electron chi connectivity index (χ3n) is 7.42. The van der Waals surface area contributed by atoms with Gasteiger partial charge in [0.1, 0.15) is 30.7 Å². The van der Waals surface area contributed by atoms with Gasteiger partial charge in [0, 0.05) is 19.8 Å². The molecule has 2 heterocycles. The maximum Gasteiger partial charge on any atom is 0.318 e. The number of nitrogens with one attached hydrogen (secondary N) is 3. The topological polar surface area (TPSA) is 120 Å². The first-order chi connectivity index (χ1) is 17.8. The van der Waals surface area contributed by atoms with E-state index in [9.17, 15) is 19.2 Å². The number of urea groups is 2. The van der Waals surface area contributed by atoms with E-state index in [1.807, 2.05) is 22.4 Å². The van der Waals surface area contributed by atoms with Gasteiger partial charge in [0.15, 0.2) is 0 Å². The molecule has 0 unspecified atom stereocenters. The van der Waals surface area contributed by atoms with Crippen LogP contribution in [0.1, 0.15) is 35.3 Å². The summed E-state index contributed by atoms with van der Waals surface area (Å²) in [5.41, 5.74) is 0.994. The number of thiophene rings is 1. The van der Waals surface area contributed by atoms with Crippen molar-refractivity contribution in [2.24, 2.45) is 5.92 Å². The molecule has 1 saturated carbocycles. The summed E-state index contributed by atoms with van der Waals surface area (Å²) in [7, 11) is 3.10. The Balaban J connectivity index is 1.27. The second kappa shape index (κ2) is 10.0. The molecular weight excluding hydrogens is 494 g/mol. The fraction of sp³-hybridized carbons (Fsp3) is 0.462. The highest BCUT2D eigenvalue weighted by Crippen LogP contribution is 2.40. The van der Waals surface area contributed by atoms with E-state index in [0.717, 1.165) is 35.3 Å². The van der Waals surface area contributed by atoms with E-state index in [-0.39, 0.29) is 24.5 Å². The third-order valence-corrected chi connectivity index (χ3v) is 8.31. The van der Waals surface area contributed by atoms with E-state index in [1.165, 1.54) is 11.9 Å². The average Bonchev–Trinajstić information content (AvgIpc) is 3.58. The van der Waals surface area contributed by atoms with Crippen LogP contribution in [-0.4, -0.2) is 67.3 Å². The summed E-state index contributed by atoms with van der Waals surface area (Å²) in [5, 5.41) is 10.1. The number of carbonyl (C=O) groups excluding carboxylic acids is 4. The van der Waals surface area contributed by atoms with Crippen LogP contribution in [0.15, 0.2) is 29.6 Å². The molecule has 2 aromatic rings. The number of hydrogen-bond donors (Lipinski definition) is 3. The summed E-state index contributed by atoms with van der Waals surface area (Å²) >= 11 is 1.56. The largest absolute Gasteiger partial charge is 0.490 e. The van der Waals surface area contributed by atoms with Crippen LogP contribution in [0.3, 0.4) is 0 Å². The smallest absolute Gasteiger partial charge is 0.318 e. The van der Waals surface area contributed by atoms with Crippen molar-refractivity contribution in [2.75, 3.05) is 32.6 Å². The van der Waals surface area contributed by atoms with Gasteiger partial charge in [-0.25, -0.2) is 9.59 Å². The van der Waals surface area contributed by atoms with Crippen LogP contribution in [0.5, 0.6) is 5.75 Å². The fourth-order valence-corrected chi connectivity index (χ4v) is 5.97. The lowest BCUT2D eigenvalue weighted by atomic mass is 9.93. The van der Waals surface area contributed by atoms with Crippen molar-refractivity contribution in [1.29, 1.82) is 0 Å². The van der Waals surface area contributed by atoms with Gasteiger partial charge in [-0.1, -0.05) is 6.07 Å². The Hall–Kier alpha value is -3.60. The van der Waals surface area contributed by atoms with Gasteiger partial charge in [-0.3, -0.25) is 4.79 Å². The normalized spacial score (nSPS) is 22.1. The molecule has 0 bridgehead atoms. The highest BCUT2D eigenvalue weighted by atomic mass is 32.1. The number of benzene rings is 1. The second-order valence-corrected chi connectivity index (χ2v) is 10.9. The minimum atomic E-state index is -1.19. The van der Waals surface area contributed by atoms with Crippen LogP contribution in [0.25, 0.3) is 0 Å². The molecule has 0 radical (unpaired) electrons. The van der Waals surface area contributed by atoms with E-state index >= 15 is 0 Å². The van der Waals surface area contributed by atoms with E-state index < -0.39 is 11.6 Å². The van der Waals surface area contributed by atoms with Crippen molar-refractivity contribution >= 4 is 41.3 Å². The zero-order valence-corrected chi connectivity index (χ0v) is 21.7. The number of rotatable bonds is 6. The first-order valence-electron chi connectivity index (χ1n) is 12.4. The summed E-state index contributed by atoms with van der Waals surface area (Å²) < 4.78 is 5.98. The lowest BCUT2D eigenvalue weighted by molar-refractivity contribution is -0.135. The standard InChI is InChI=1S/C26H31N5O5S/c1-27-24(34)28-18-5-6-19-17(11-18)7-9-26(19,15-32)29-25(35)30(2)13-23(33)31-12-22-21(8-10-37-22)36-14-20(31)16-3-4-16/h5-6,8,10-11,15-16,20H,3-4,7,9,12-14H2,1-2H3,(H,29,35)(H2,27,28,34)/t20-,26+/m0/s1. The molecule has 2 atom stereocenters. The number of nitrogens with zero attached hydrogens (tertiary/aromatic N) is 2. The quantitative estimate of drug-likeness (QED) is 0.501. The Morgan fingerprint density at radius 2 is 2.08 bits per heavy atom. The lowest BCUT2D eigenvalue weighted by Gasteiger charge is -2.32. The molecule has 1 aromatic heterocycles. The van der Waals surface area contributed by atoms with Gasteiger partial charge >= 0.3 is 12.1 Å². The Labute approximate surface area is 219 Å². The molecule has 1 aromatic carbocycles. The summed E-state index contributed by atoms with van der Waals surface area (Å²) in [5.74, 6) is 1.11. The molecule has 1 aliphatic heterocycles. The van der Waals surface area contributed by atoms with E-state index in [1.54, 1.807) is 30.5 Å². The lowest BCUT2D eigenvalue weighted by Crippen LogP contribution is -2.53. The molecule has 3 N–H and O–H groups in total. The molecule has 5 rings (SSSR count). The van der Waals surface area contributed by atoms with Crippen molar-refractivity contribution in [2.45, 2.75) is 43.8 Å². The van der Waals surface area contributed by atoms with Crippen LogP contribution in [0.2, 0.25) is 0 Å². The van der Waals surface area contributed by atoms with Gasteiger partial charge in [0.25, 0.3) is 0 Å². The number of ether oxygens (including phenoxy) is 1. The molecule has 37 heavy (non-hydrogen) atoms. The number of anilines is 1. The van der Waals surface area contributed by atoms with Crippen LogP contribution < -0.4 is 20.7 Å². The number of aldehydes is 1. The van der Waals surface area contributed by atoms with Gasteiger partial charge in [0.05, 0.1) is 17.5 Å². The van der Waals surface area contributed by atoms with Crippen molar-refractivity contribution in [3.63, 3.8) is 0 Å². The van der Waals surface area contributed by atoms with Crippen molar-refractivity contribution < 1.29 is 23.9 Å². The second-order valence-electron chi connectivity index (χ2n) is 9.90. The summed E-state index contributed by atoms with van der Waals surface area (Å²) in [4.78, 5) is 54.7. The number of carbonyl (C=O) groups is 4. The molecule has 5 amide bonds. The van der Waals surface area contributed by atoms with Gasteiger partial charge in [-0.2, -0.15) is 0 Å². The van der Waals surface area contributed by atoms with Gasteiger partial charge in [0.2, 0.25) is 5.91 Å². The molecule has 0 spiro atoms. The predicted octanol–water partition coefficient (Wildman–Crippen LogP) is 2.68. The maximum atomic E-state index is 13.4. The summed E-state index contributed by atoms with van der Waals surface area (Å²) in [6, 6.07) is 6.37. The van der Waals surface area contributed by atoms with E-state index in [4.69, 9.17) is 4.74 Å². The highest BCUT2D eigenvalue weighted by molar-refractivity contribution is 7.10. The first-order valence-corrected chi connectivity index (χ1v) is 13.3. The van der Waals surface area contributed by atoms with Crippen LogP contribution in [0, 0.1) is 5.92 Å². The van der Waals surface area contributed by atoms with Gasteiger partial charge in [-0.15, -0.1) is 11.3 Å². The molecule has 11 heteroatoms. The Bertz CT molecular complexity index is 1230. The number of aryl methyl sites for hydroxylation is 1. The van der Waals surface area contributed by atoms with E-state index in [2.05, 4.69) is 16.0 Å². The fourth-order valence-electron chi connectivity index (χ4n) is 5.16. The molecule has 2 aliphatic carbocycles. The van der Waals surface area contributed by atoms with Gasteiger partial charge < -0.3 is 35.3 Å². The Morgan fingerprint density at radius 1 is 1.27 bits per heavy atom. The SMILES string of the molecule is CNC(=O)Nc1ccc2c(c1)CC[C@]2(C=O)NC(=O)N(C)CC(=O)N1Cc2sccc2OC[C@H]1C1CC1. The zero-order valence-electron chi connectivity index (χ0n) is 20.9. The summed E-state index contributed by atoms with van der Waals surface area (Å²) in [6.07, 6.45) is 3.87. The molecule has 196 valence electrons. The number of hydrogen-bond acceptors (Lipinski definition) is 6. The number of fused-ring (bicyclic) bond motifs is 2. The average molecular weight is 526 g/mol. The Morgan fingerprint density at radius 3 is 2.81 bits per heavy atom. The number of likely N-dealkylation sites (N-methyl/N-ethyl adjacent to an activating group) is 1.